The summed E-state index contributed by atoms with van der Waals surface area (Å²) in [4.78, 5) is 22.0. The Morgan fingerprint density at radius 2 is 1.66 bits per heavy atom. The zero-order valence-corrected chi connectivity index (χ0v) is 18.2. The molecule has 0 aliphatic heterocycles. The number of hydrogen-bond acceptors (Lipinski definition) is 4. The van der Waals surface area contributed by atoms with E-state index in [9.17, 15) is 4.79 Å². The maximum atomic E-state index is 12.5. The second-order valence-electron chi connectivity index (χ2n) is 7.57. The van der Waals surface area contributed by atoms with E-state index in [1.54, 1.807) is 11.3 Å². The number of nitrogens with zero attached hydrogens (tertiary/aromatic N) is 1. The Kier molecular flexibility index (Phi) is 5.01. The van der Waals surface area contributed by atoms with E-state index in [1.165, 1.54) is 22.3 Å². The van der Waals surface area contributed by atoms with Gasteiger partial charge in [0.1, 0.15) is 23.0 Å². The van der Waals surface area contributed by atoms with Crippen molar-refractivity contribution < 1.29 is 4.74 Å². The van der Waals surface area contributed by atoms with Crippen molar-refractivity contribution in [3.05, 3.63) is 79.4 Å². The fraction of sp³-hybridized carbons (Fsp3) is 0.250. The lowest BCUT2D eigenvalue weighted by Crippen LogP contribution is -2.09. The van der Waals surface area contributed by atoms with Crippen molar-refractivity contribution in [2.24, 2.45) is 0 Å². The van der Waals surface area contributed by atoms with E-state index < -0.39 is 0 Å². The summed E-state index contributed by atoms with van der Waals surface area (Å²) in [7, 11) is 0. The van der Waals surface area contributed by atoms with Crippen LogP contribution >= 0.6 is 11.3 Å². The zero-order chi connectivity index (χ0) is 20.7. The van der Waals surface area contributed by atoms with Gasteiger partial charge in [-0.1, -0.05) is 17.7 Å². The number of aromatic amines is 1. The van der Waals surface area contributed by atoms with Gasteiger partial charge in [-0.15, -0.1) is 11.3 Å². The van der Waals surface area contributed by atoms with Crippen molar-refractivity contribution in [3.63, 3.8) is 0 Å². The van der Waals surface area contributed by atoms with Crippen molar-refractivity contribution in [2.45, 2.75) is 41.2 Å². The Balaban J connectivity index is 1.57. The Morgan fingerprint density at radius 3 is 2.31 bits per heavy atom. The number of ether oxygens (including phenoxy) is 1. The molecular formula is C24H24N2O2S. The van der Waals surface area contributed by atoms with Crippen LogP contribution in [0.3, 0.4) is 0 Å². The van der Waals surface area contributed by atoms with Crippen LogP contribution in [0.5, 0.6) is 5.75 Å². The second kappa shape index (κ2) is 7.48. The molecule has 1 N–H and O–H groups in total. The molecule has 2 aromatic heterocycles. The summed E-state index contributed by atoms with van der Waals surface area (Å²) in [6.07, 6.45) is 0. The van der Waals surface area contributed by atoms with Crippen LogP contribution in [0.2, 0.25) is 0 Å². The van der Waals surface area contributed by atoms with Gasteiger partial charge in [0.15, 0.2) is 0 Å². The van der Waals surface area contributed by atoms with Crippen molar-refractivity contribution in [2.75, 3.05) is 0 Å². The van der Waals surface area contributed by atoms with E-state index in [4.69, 9.17) is 4.74 Å². The monoisotopic (exact) mass is 404 g/mol. The molecule has 0 amide bonds. The third-order valence-electron chi connectivity index (χ3n) is 5.39. The lowest BCUT2D eigenvalue weighted by Gasteiger charge is -2.13. The highest BCUT2D eigenvalue weighted by atomic mass is 32.1. The van der Waals surface area contributed by atoms with Gasteiger partial charge >= 0.3 is 0 Å². The van der Waals surface area contributed by atoms with Gasteiger partial charge in [-0.05, 0) is 81.1 Å². The first kappa shape index (κ1) is 19.4. The molecule has 148 valence electrons. The van der Waals surface area contributed by atoms with E-state index in [2.05, 4.69) is 42.9 Å². The number of H-pyrrole nitrogens is 1. The van der Waals surface area contributed by atoms with Gasteiger partial charge in [0.25, 0.3) is 5.56 Å². The third kappa shape index (κ3) is 3.70. The smallest absolute Gasteiger partial charge is 0.260 e. The van der Waals surface area contributed by atoms with Crippen LogP contribution in [-0.2, 0) is 6.61 Å². The molecular weight excluding hydrogens is 380 g/mol. The summed E-state index contributed by atoms with van der Waals surface area (Å²) < 4.78 is 6.01. The molecule has 4 aromatic rings. The Morgan fingerprint density at radius 1 is 1.00 bits per heavy atom. The molecule has 2 aromatic carbocycles. The lowest BCUT2D eigenvalue weighted by molar-refractivity contribution is 0.304. The van der Waals surface area contributed by atoms with Crippen LogP contribution in [0.4, 0.5) is 0 Å². The highest BCUT2D eigenvalue weighted by Gasteiger charge is 2.13. The molecule has 0 spiro atoms. The average molecular weight is 405 g/mol. The molecule has 0 fully saturated rings. The maximum absolute atomic E-state index is 12.5. The summed E-state index contributed by atoms with van der Waals surface area (Å²) in [5.41, 5.74) is 6.77. The number of benzene rings is 2. The van der Waals surface area contributed by atoms with Gasteiger partial charge < -0.3 is 9.72 Å². The molecule has 4 rings (SSSR count). The number of thiophene rings is 1. The van der Waals surface area contributed by atoms with E-state index in [1.807, 2.05) is 38.1 Å². The van der Waals surface area contributed by atoms with E-state index in [0.29, 0.717) is 17.8 Å². The molecule has 5 heteroatoms. The largest absolute Gasteiger partial charge is 0.489 e. The molecule has 0 unspecified atom stereocenters. The minimum absolute atomic E-state index is 0.0857. The van der Waals surface area contributed by atoms with Crippen LogP contribution in [0, 0.1) is 34.6 Å². The minimum Gasteiger partial charge on any atom is -0.489 e. The van der Waals surface area contributed by atoms with Gasteiger partial charge in [-0.3, -0.25) is 4.79 Å². The van der Waals surface area contributed by atoms with Gasteiger partial charge in [-0.2, -0.15) is 0 Å². The van der Waals surface area contributed by atoms with Crippen LogP contribution in [0.25, 0.3) is 21.6 Å². The quantitative estimate of drug-likeness (QED) is 0.469. The third-order valence-corrected chi connectivity index (χ3v) is 6.49. The first-order chi connectivity index (χ1) is 13.8. The summed E-state index contributed by atoms with van der Waals surface area (Å²) in [5, 5.41) is 0.694. The molecule has 4 nitrogen and oxygen atoms in total. The molecule has 2 heterocycles. The molecule has 0 saturated heterocycles. The highest BCUT2D eigenvalue weighted by molar-refractivity contribution is 7.18. The predicted octanol–water partition coefficient (Wildman–Crippen LogP) is 5.77. The number of hydrogen-bond donors (Lipinski definition) is 1. The molecule has 0 saturated carbocycles. The lowest BCUT2D eigenvalue weighted by atomic mass is 10.0. The fourth-order valence-corrected chi connectivity index (χ4v) is 4.72. The van der Waals surface area contributed by atoms with Gasteiger partial charge in [0, 0.05) is 10.4 Å². The molecule has 29 heavy (non-hydrogen) atoms. The minimum atomic E-state index is -0.0857. The van der Waals surface area contributed by atoms with Gasteiger partial charge in [0.2, 0.25) is 0 Å². The zero-order valence-electron chi connectivity index (χ0n) is 17.3. The van der Waals surface area contributed by atoms with Gasteiger partial charge in [-0.25, -0.2) is 4.98 Å². The second-order valence-corrected chi connectivity index (χ2v) is 8.77. The first-order valence-electron chi connectivity index (χ1n) is 9.63. The van der Waals surface area contributed by atoms with E-state index in [0.717, 1.165) is 26.6 Å². The molecule has 0 aliphatic carbocycles. The van der Waals surface area contributed by atoms with Gasteiger partial charge in [0.05, 0.1) is 5.39 Å². The normalized spacial score (nSPS) is 11.2. The van der Waals surface area contributed by atoms with E-state index >= 15 is 0 Å². The number of fused-ring (bicyclic) bond motifs is 1. The standard InChI is InChI=1S/C24H24N2O2S/c1-13-10-14(2)20(15(3)11-13)12-28-19-8-6-18(7-9-19)22-25-23(27)21-16(4)17(5)29-24(21)26-22/h6-11H,12H2,1-5H3,(H,25,26,27). The van der Waals surface area contributed by atoms with Crippen molar-refractivity contribution in [1.82, 2.24) is 9.97 Å². The van der Waals surface area contributed by atoms with Crippen LogP contribution < -0.4 is 10.3 Å². The first-order valence-corrected chi connectivity index (χ1v) is 10.4. The summed E-state index contributed by atoms with van der Waals surface area (Å²) in [6, 6.07) is 12.1. The molecule has 0 radical (unpaired) electrons. The maximum Gasteiger partial charge on any atom is 0.260 e. The highest BCUT2D eigenvalue weighted by Crippen LogP contribution is 2.28. The Hall–Kier alpha value is -2.92. The fourth-order valence-electron chi connectivity index (χ4n) is 3.69. The van der Waals surface area contributed by atoms with Crippen LogP contribution in [0.15, 0.2) is 41.2 Å². The summed E-state index contributed by atoms with van der Waals surface area (Å²) in [5.74, 6) is 1.37. The number of nitrogens with one attached hydrogen (secondary N) is 1. The van der Waals surface area contributed by atoms with E-state index in [-0.39, 0.29) is 5.56 Å². The van der Waals surface area contributed by atoms with Crippen molar-refractivity contribution in [3.8, 4) is 17.1 Å². The number of aryl methyl sites for hydroxylation is 5. The summed E-state index contributed by atoms with van der Waals surface area (Å²) in [6.45, 7) is 10.9. The van der Waals surface area contributed by atoms with Crippen LogP contribution in [-0.4, -0.2) is 9.97 Å². The van der Waals surface area contributed by atoms with Crippen LogP contribution in [0.1, 0.15) is 32.7 Å². The Labute approximate surface area is 174 Å². The summed E-state index contributed by atoms with van der Waals surface area (Å²) >= 11 is 1.56. The SMILES string of the molecule is Cc1cc(C)c(COc2ccc(-c3nc4sc(C)c(C)c4c(=O)[nH]3)cc2)c(C)c1. The number of rotatable bonds is 4. The molecule has 0 atom stereocenters. The molecule has 0 bridgehead atoms. The predicted molar refractivity (Wildman–Crippen MR) is 120 cm³/mol. The molecule has 0 aliphatic rings. The number of aromatic nitrogens is 2. The topological polar surface area (TPSA) is 55.0 Å². The van der Waals surface area contributed by atoms with Crippen molar-refractivity contribution >= 4 is 21.6 Å². The van der Waals surface area contributed by atoms with Crippen molar-refractivity contribution in [1.29, 1.82) is 0 Å². The Bertz CT molecular complexity index is 1240. The average Bonchev–Trinajstić information content (AvgIpc) is 2.95.